The molecule has 2 aromatic carbocycles. The highest BCUT2D eigenvalue weighted by Crippen LogP contribution is 2.25. The number of amides is 1. The summed E-state index contributed by atoms with van der Waals surface area (Å²) >= 11 is 0. The van der Waals surface area contributed by atoms with Crippen molar-refractivity contribution in [2.45, 2.75) is 32.8 Å². The lowest BCUT2D eigenvalue weighted by Crippen LogP contribution is -2.14. The van der Waals surface area contributed by atoms with Gasteiger partial charge in [-0.1, -0.05) is 24.3 Å². The van der Waals surface area contributed by atoms with Crippen LogP contribution in [0.5, 0.6) is 5.75 Å². The number of aromatic carboxylic acids is 1. The maximum atomic E-state index is 12.1. The van der Waals surface area contributed by atoms with Crippen molar-refractivity contribution in [1.29, 1.82) is 0 Å². The van der Waals surface area contributed by atoms with Crippen molar-refractivity contribution in [3.05, 3.63) is 59.7 Å². The van der Waals surface area contributed by atoms with Crippen LogP contribution < -0.4 is 10.1 Å². The highest BCUT2D eigenvalue weighted by atomic mass is 16.5. The first kappa shape index (κ1) is 17.5. The number of ether oxygens (including phenoxy) is 1. The van der Waals surface area contributed by atoms with E-state index < -0.39 is 5.97 Å². The smallest absolute Gasteiger partial charge is 0.335 e. The van der Waals surface area contributed by atoms with E-state index in [-0.39, 0.29) is 17.6 Å². The van der Waals surface area contributed by atoms with E-state index in [0.29, 0.717) is 24.3 Å². The molecule has 0 unspecified atom stereocenters. The van der Waals surface area contributed by atoms with Crippen LogP contribution >= 0.6 is 0 Å². The number of hydrogen-bond donors (Lipinski definition) is 2. The monoisotopic (exact) mass is 327 g/mol. The zero-order chi connectivity index (χ0) is 17.5. The first-order chi connectivity index (χ1) is 11.5. The van der Waals surface area contributed by atoms with Gasteiger partial charge in [-0.3, -0.25) is 4.79 Å². The molecule has 0 aliphatic rings. The van der Waals surface area contributed by atoms with E-state index >= 15 is 0 Å². The van der Waals surface area contributed by atoms with E-state index in [4.69, 9.17) is 9.84 Å². The van der Waals surface area contributed by atoms with E-state index in [1.54, 1.807) is 30.3 Å². The molecule has 2 aromatic rings. The minimum atomic E-state index is -0.957. The number of nitrogens with one attached hydrogen (secondary N) is 1. The molecule has 2 rings (SSSR count). The second-order valence-corrected chi connectivity index (χ2v) is 5.71. The van der Waals surface area contributed by atoms with Crippen molar-refractivity contribution >= 4 is 17.6 Å². The van der Waals surface area contributed by atoms with Gasteiger partial charge in [-0.15, -0.1) is 0 Å². The van der Waals surface area contributed by atoms with E-state index in [2.05, 4.69) is 5.32 Å². The van der Waals surface area contributed by atoms with Gasteiger partial charge < -0.3 is 15.2 Å². The van der Waals surface area contributed by atoms with Gasteiger partial charge in [-0.25, -0.2) is 4.79 Å². The van der Waals surface area contributed by atoms with E-state index in [0.717, 1.165) is 5.56 Å². The van der Waals surface area contributed by atoms with Crippen LogP contribution in [0.4, 0.5) is 5.69 Å². The number of carbonyl (C=O) groups excluding carboxylic acids is 1. The number of para-hydroxylation sites is 2. The van der Waals surface area contributed by atoms with Gasteiger partial charge in [0.05, 0.1) is 17.4 Å². The average molecular weight is 327 g/mol. The molecule has 1 amide bonds. The van der Waals surface area contributed by atoms with Crippen molar-refractivity contribution in [3.8, 4) is 5.75 Å². The van der Waals surface area contributed by atoms with Gasteiger partial charge in [0.2, 0.25) is 5.91 Å². The molecule has 0 aliphatic heterocycles. The molecule has 5 heteroatoms. The van der Waals surface area contributed by atoms with Crippen molar-refractivity contribution in [1.82, 2.24) is 0 Å². The molecule has 0 aliphatic carbocycles. The van der Waals surface area contributed by atoms with Gasteiger partial charge in [0.15, 0.2) is 0 Å². The van der Waals surface area contributed by atoms with E-state index in [1.165, 1.54) is 0 Å². The first-order valence-corrected chi connectivity index (χ1v) is 7.83. The fourth-order valence-electron chi connectivity index (χ4n) is 2.21. The quantitative estimate of drug-likeness (QED) is 0.812. The third-order valence-electron chi connectivity index (χ3n) is 3.37. The number of rotatable bonds is 7. The minimum absolute atomic E-state index is 0.0239. The molecule has 0 bridgehead atoms. The van der Waals surface area contributed by atoms with E-state index in [9.17, 15) is 9.59 Å². The van der Waals surface area contributed by atoms with Crippen molar-refractivity contribution in [2.75, 3.05) is 5.32 Å². The van der Waals surface area contributed by atoms with Crippen LogP contribution in [0, 0.1) is 0 Å². The maximum Gasteiger partial charge on any atom is 0.335 e. The Morgan fingerprint density at radius 3 is 2.38 bits per heavy atom. The van der Waals surface area contributed by atoms with Gasteiger partial charge in [0, 0.05) is 6.42 Å². The molecule has 5 nitrogen and oxygen atoms in total. The molecule has 0 radical (unpaired) electrons. The van der Waals surface area contributed by atoms with Crippen LogP contribution in [-0.2, 0) is 11.2 Å². The summed E-state index contributed by atoms with van der Waals surface area (Å²) in [5.41, 5.74) is 1.81. The zero-order valence-electron chi connectivity index (χ0n) is 13.8. The van der Waals surface area contributed by atoms with Crippen LogP contribution in [-0.4, -0.2) is 23.1 Å². The lowest BCUT2D eigenvalue weighted by atomic mass is 10.1. The number of carboxylic acids is 1. The van der Waals surface area contributed by atoms with Gasteiger partial charge in [0.25, 0.3) is 0 Å². The van der Waals surface area contributed by atoms with E-state index in [1.807, 2.05) is 32.0 Å². The summed E-state index contributed by atoms with van der Waals surface area (Å²) in [7, 11) is 0. The normalized spacial score (nSPS) is 10.5. The molecule has 0 heterocycles. The molecule has 24 heavy (non-hydrogen) atoms. The summed E-state index contributed by atoms with van der Waals surface area (Å²) in [6, 6.07) is 13.9. The number of anilines is 1. The fourth-order valence-corrected chi connectivity index (χ4v) is 2.21. The van der Waals surface area contributed by atoms with Gasteiger partial charge in [-0.05, 0) is 50.1 Å². The van der Waals surface area contributed by atoms with Crippen molar-refractivity contribution < 1.29 is 19.4 Å². The summed E-state index contributed by atoms with van der Waals surface area (Å²) in [6.45, 7) is 3.86. The second-order valence-electron chi connectivity index (χ2n) is 5.71. The molecular weight excluding hydrogens is 306 g/mol. The first-order valence-electron chi connectivity index (χ1n) is 7.83. The Morgan fingerprint density at radius 2 is 1.75 bits per heavy atom. The number of benzene rings is 2. The lowest BCUT2D eigenvalue weighted by molar-refractivity contribution is -0.116. The highest BCUT2D eigenvalue weighted by Gasteiger charge is 2.09. The van der Waals surface area contributed by atoms with Gasteiger partial charge >= 0.3 is 5.97 Å². The van der Waals surface area contributed by atoms with Crippen molar-refractivity contribution in [2.24, 2.45) is 0 Å². The topological polar surface area (TPSA) is 75.6 Å². The Kier molecular flexibility index (Phi) is 5.95. The summed E-state index contributed by atoms with van der Waals surface area (Å²) in [6.07, 6.45) is 0.872. The molecule has 0 fully saturated rings. The number of aryl methyl sites for hydroxylation is 1. The zero-order valence-corrected chi connectivity index (χ0v) is 13.8. The highest BCUT2D eigenvalue weighted by molar-refractivity contribution is 5.92. The van der Waals surface area contributed by atoms with Crippen LogP contribution in [0.3, 0.4) is 0 Å². The Morgan fingerprint density at radius 1 is 1.08 bits per heavy atom. The van der Waals surface area contributed by atoms with Crippen LogP contribution in [0.2, 0.25) is 0 Å². The molecule has 0 saturated carbocycles. The largest absolute Gasteiger partial charge is 0.489 e. The Hall–Kier alpha value is -2.82. The predicted molar refractivity (Wildman–Crippen MR) is 92.6 cm³/mol. The Bertz CT molecular complexity index is 708. The second kappa shape index (κ2) is 8.15. The van der Waals surface area contributed by atoms with Crippen LogP contribution in [0.25, 0.3) is 0 Å². The molecule has 2 N–H and O–H groups in total. The van der Waals surface area contributed by atoms with Gasteiger partial charge in [-0.2, -0.15) is 0 Å². The molecule has 0 spiro atoms. The van der Waals surface area contributed by atoms with Crippen LogP contribution in [0.15, 0.2) is 48.5 Å². The predicted octanol–water partition coefficient (Wildman–Crippen LogP) is 3.74. The maximum absolute atomic E-state index is 12.1. The molecule has 126 valence electrons. The molecule has 0 saturated heterocycles. The minimum Gasteiger partial charge on any atom is -0.489 e. The molecular formula is C19H21NO4. The Labute approximate surface area is 141 Å². The SMILES string of the molecule is CC(C)Oc1ccccc1NC(=O)CCc1ccc(C(=O)O)cc1. The average Bonchev–Trinajstić information content (AvgIpc) is 2.54. The third-order valence-corrected chi connectivity index (χ3v) is 3.37. The number of hydrogen-bond acceptors (Lipinski definition) is 3. The van der Waals surface area contributed by atoms with Crippen LogP contribution in [0.1, 0.15) is 36.2 Å². The summed E-state index contributed by atoms with van der Waals surface area (Å²) in [5, 5.41) is 11.7. The van der Waals surface area contributed by atoms with Gasteiger partial charge in [0.1, 0.15) is 5.75 Å². The molecule has 0 atom stereocenters. The lowest BCUT2D eigenvalue weighted by Gasteiger charge is -2.14. The number of carboxylic acid groups (broad SMARTS) is 1. The summed E-state index contributed by atoms with van der Waals surface area (Å²) in [4.78, 5) is 23.0. The third kappa shape index (κ3) is 5.12. The Balaban J connectivity index is 1.93. The standard InChI is InChI=1S/C19H21NO4/c1-13(2)24-17-6-4-3-5-16(17)20-18(21)12-9-14-7-10-15(11-8-14)19(22)23/h3-8,10-11,13H,9,12H2,1-2H3,(H,20,21)(H,22,23). The summed E-state index contributed by atoms with van der Waals surface area (Å²) in [5.74, 6) is -0.426. The molecule has 0 aromatic heterocycles. The number of carbonyl (C=O) groups is 2. The van der Waals surface area contributed by atoms with Crippen molar-refractivity contribution in [3.63, 3.8) is 0 Å². The fraction of sp³-hybridized carbons (Fsp3) is 0.263. The summed E-state index contributed by atoms with van der Waals surface area (Å²) < 4.78 is 5.67.